The number of methoxy groups -OCH3 is 2. The second-order valence-corrected chi connectivity index (χ2v) is 4.09. The summed E-state index contributed by atoms with van der Waals surface area (Å²) in [6.45, 7) is 2.12. The van der Waals surface area contributed by atoms with Crippen molar-refractivity contribution in [1.82, 2.24) is 10.6 Å². The zero-order chi connectivity index (χ0) is 14.5. The van der Waals surface area contributed by atoms with Gasteiger partial charge in [-0.05, 0) is 19.4 Å². The van der Waals surface area contributed by atoms with Crippen LogP contribution in [0.15, 0.2) is 0 Å². The Morgan fingerprint density at radius 2 is 1.68 bits per heavy atom. The fourth-order valence-corrected chi connectivity index (χ4v) is 1.44. The summed E-state index contributed by atoms with van der Waals surface area (Å²) in [4.78, 5) is 22.5. The molecule has 0 spiro atoms. The number of carbonyl (C=O) groups is 2. The van der Waals surface area contributed by atoms with E-state index in [2.05, 4.69) is 10.6 Å². The number of rotatable bonds is 12. The predicted octanol–water partition coefficient (Wildman–Crippen LogP) is -0.391. The van der Waals surface area contributed by atoms with Crippen LogP contribution in [0.4, 0.5) is 0 Å². The summed E-state index contributed by atoms with van der Waals surface area (Å²) in [5.74, 6) is -1.30. The first-order valence-corrected chi connectivity index (χ1v) is 6.32. The van der Waals surface area contributed by atoms with Crippen LogP contribution in [-0.4, -0.2) is 63.5 Å². The van der Waals surface area contributed by atoms with E-state index in [-0.39, 0.29) is 12.3 Å². The Balaban J connectivity index is 3.85. The van der Waals surface area contributed by atoms with Crippen molar-refractivity contribution in [1.29, 1.82) is 0 Å². The Labute approximate surface area is 113 Å². The number of carbonyl (C=O) groups excluding carboxylic acids is 1. The lowest BCUT2D eigenvalue weighted by atomic mass is 10.2. The van der Waals surface area contributed by atoms with Crippen LogP contribution in [0.5, 0.6) is 0 Å². The van der Waals surface area contributed by atoms with E-state index in [1.54, 1.807) is 14.2 Å². The van der Waals surface area contributed by atoms with Crippen molar-refractivity contribution in [3.63, 3.8) is 0 Å². The molecule has 0 aromatic rings. The third-order valence-corrected chi connectivity index (χ3v) is 2.45. The lowest BCUT2D eigenvalue weighted by molar-refractivity contribution is -0.141. The maximum absolute atomic E-state index is 11.5. The molecule has 0 fully saturated rings. The molecule has 0 radical (unpaired) electrons. The molecule has 19 heavy (non-hydrogen) atoms. The number of carboxylic acid groups (broad SMARTS) is 1. The highest BCUT2D eigenvalue weighted by Crippen LogP contribution is 1.94. The highest BCUT2D eigenvalue weighted by Gasteiger charge is 2.19. The van der Waals surface area contributed by atoms with Gasteiger partial charge in [-0.1, -0.05) is 0 Å². The lowest BCUT2D eigenvalue weighted by Crippen LogP contribution is -2.42. The number of carboxylic acids is 1. The predicted molar refractivity (Wildman–Crippen MR) is 70.0 cm³/mol. The molecule has 0 aromatic carbocycles. The molecule has 0 aliphatic heterocycles. The molecule has 0 aliphatic carbocycles. The standard InChI is InChI=1S/C12H24N2O5/c1-18-7-3-5-13-10(12(16)17)9-11(15)14-6-4-8-19-2/h10,13H,3-9H2,1-2H3,(H,14,15)(H,16,17)/t10-/m0/s1. The fourth-order valence-electron chi connectivity index (χ4n) is 1.44. The minimum absolute atomic E-state index is 0.0741. The Morgan fingerprint density at radius 1 is 1.11 bits per heavy atom. The van der Waals surface area contributed by atoms with Crippen molar-refractivity contribution in [2.24, 2.45) is 0 Å². The minimum Gasteiger partial charge on any atom is -0.480 e. The average Bonchev–Trinajstić information content (AvgIpc) is 2.38. The van der Waals surface area contributed by atoms with Crippen LogP contribution in [0.1, 0.15) is 19.3 Å². The molecule has 1 atom stereocenters. The number of hydrogen-bond donors (Lipinski definition) is 3. The van der Waals surface area contributed by atoms with E-state index in [0.29, 0.717) is 39.1 Å². The van der Waals surface area contributed by atoms with E-state index >= 15 is 0 Å². The monoisotopic (exact) mass is 276 g/mol. The zero-order valence-corrected chi connectivity index (χ0v) is 11.6. The number of aliphatic carboxylic acids is 1. The summed E-state index contributed by atoms with van der Waals surface area (Å²) in [5.41, 5.74) is 0. The van der Waals surface area contributed by atoms with Gasteiger partial charge in [-0.15, -0.1) is 0 Å². The maximum Gasteiger partial charge on any atom is 0.321 e. The lowest BCUT2D eigenvalue weighted by Gasteiger charge is -2.14. The van der Waals surface area contributed by atoms with Gasteiger partial charge in [0.15, 0.2) is 0 Å². The van der Waals surface area contributed by atoms with Crippen molar-refractivity contribution in [3.8, 4) is 0 Å². The van der Waals surface area contributed by atoms with Crippen molar-refractivity contribution in [2.45, 2.75) is 25.3 Å². The Kier molecular flexibility index (Phi) is 11.1. The summed E-state index contributed by atoms with van der Waals surface area (Å²) in [6.07, 6.45) is 1.34. The Hall–Kier alpha value is -1.18. The van der Waals surface area contributed by atoms with Crippen LogP contribution in [0, 0.1) is 0 Å². The average molecular weight is 276 g/mol. The smallest absolute Gasteiger partial charge is 0.321 e. The second kappa shape index (κ2) is 11.9. The fraction of sp³-hybridized carbons (Fsp3) is 0.833. The molecule has 3 N–H and O–H groups in total. The van der Waals surface area contributed by atoms with Crippen LogP contribution < -0.4 is 10.6 Å². The topological polar surface area (TPSA) is 96.9 Å². The highest BCUT2D eigenvalue weighted by atomic mass is 16.5. The van der Waals surface area contributed by atoms with Crippen LogP contribution >= 0.6 is 0 Å². The molecule has 0 saturated carbocycles. The molecule has 7 nitrogen and oxygen atoms in total. The molecule has 112 valence electrons. The van der Waals surface area contributed by atoms with Crippen molar-refractivity contribution in [2.75, 3.05) is 40.5 Å². The van der Waals surface area contributed by atoms with Crippen LogP contribution in [0.2, 0.25) is 0 Å². The van der Waals surface area contributed by atoms with Gasteiger partial charge in [-0.2, -0.15) is 0 Å². The third kappa shape index (κ3) is 10.4. The van der Waals surface area contributed by atoms with E-state index in [4.69, 9.17) is 14.6 Å². The normalized spacial score (nSPS) is 12.1. The number of amides is 1. The van der Waals surface area contributed by atoms with Crippen LogP contribution in [0.3, 0.4) is 0 Å². The van der Waals surface area contributed by atoms with Gasteiger partial charge >= 0.3 is 5.97 Å². The van der Waals surface area contributed by atoms with E-state index in [0.717, 1.165) is 0 Å². The third-order valence-electron chi connectivity index (χ3n) is 2.45. The van der Waals surface area contributed by atoms with E-state index < -0.39 is 12.0 Å². The van der Waals surface area contributed by atoms with Gasteiger partial charge < -0.3 is 25.2 Å². The van der Waals surface area contributed by atoms with Gasteiger partial charge in [0, 0.05) is 34.0 Å². The number of ether oxygens (including phenoxy) is 2. The molecule has 0 rings (SSSR count). The van der Waals surface area contributed by atoms with Crippen molar-refractivity contribution < 1.29 is 24.2 Å². The zero-order valence-electron chi connectivity index (χ0n) is 11.6. The Morgan fingerprint density at radius 3 is 2.21 bits per heavy atom. The Bertz CT molecular complexity index is 261. The van der Waals surface area contributed by atoms with Crippen molar-refractivity contribution >= 4 is 11.9 Å². The molecular weight excluding hydrogens is 252 g/mol. The second-order valence-electron chi connectivity index (χ2n) is 4.09. The molecule has 0 heterocycles. The summed E-state index contributed by atoms with van der Waals surface area (Å²) in [6, 6.07) is -0.862. The van der Waals surface area contributed by atoms with Gasteiger partial charge in [0.2, 0.25) is 5.91 Å². The molecule has 1 amide bonds. The van der Waals surface area contributed by atoms with Gasteiger partial charge in [0.05, 0.1) is 6.42 Å². The maximum atomic E-state index is 11.5. The molecule has 0 aliphatic rings. The summed E-state index contributed by atoms with van der Waals surface area (Å²) in [5, 5.41) is 14.5. The van der Waals surface area contributed by atoms with Crippen molar-refractivity contribution in [3.05, 3.63) is 0 Å². The summed E-state index contributed by atoms with van der Waals surface area (Å²) in [7, 11) is 3.17. The first-order valence-electron chi connectivity index (χ1n) is 6.32. The van der Waals surface area contributed by atoms with Crippen LogP contribution in [0.25, 0.3) is 0 Å². The largest absolute Gasteiger partial charge is 0.480 e. The van der Waals surface area contributed by atoms with Crippen LogP contribution in [-0.2, 0) is 19.1 Å². The van der Waals surface area contributed by atoms with E-state index in [9.17, 15) is 9.59 Å². The highest BCUT2D eigenvalue weighted by molar-refractivity contribution is 5.84. The van der Waals surface area contributed by atoms with Gasteiger partial charge in [0.1, 0.15) is 6.04 Å². The molecular formula is C12H24N2O5. The van der Waals surface area contributed by atoms with Gasteiger partial charge in [-0.3, -0.25) is 9.59 Å². The van der Waals surface area contributed by atoms with Gasteiger partial charge in [-0.25, -0.2) is 0 Å². The first kappa shape index (κ1) is 17.8. The molecule has 7 heteroatoms. The number of nitrogens with one attached hydrogen (secondary N) is 2. The molecule has 0 aromatic heterocycles. The van der Waals surface area contributed by atoms with Gasteiger partial charge in [0.25, 0.3) is 0 Å². The first-order chi connectivity index (χ1) is 9.11. The molecule has 0 saturated heterocycles. The minimum atomic E-state index is -1.02. The molecule has 0 unspecified atom stereocenters. The molecule has 0 bridgehead atoms. The number of hydrogen-bond acceptors (Lipinski definition) is 5. The van der Waals surface area contributed by atoms with E-state index in [1.165, 1.54) is 0 Å². The summed E-state index contributed by atoms with van der Waals surface area (Å²) < 4.78 is 9.71. The van der Waals surface area contributed by atoms with E-state index in [1.807, 2.05) is 0 Å². The summed E-state index contributed by atoms with van der Waals surface area (Å²) >= 11 is 0. The quantitative estimate of drug-likeness (QED) is 0.420. The SMILES string of the molecule is COCCCNC(=O)C[C@H](NCCCOC)C(=O)O.